The van der Waals surface area contributed by atoms with Crippen molar-refractivity contribution in [1.82, 2.24) is 15.0 Å². The molecule has 2 heterocycles. The van der Waals surface area contributed by atoms with E-state index in [2.05, 4.69) is 20.3 Å². The van der Waals surface area contributed by atoms with Gasteiger partial charge in [0.05, 0.1) is 21.0 Å². The Morgan fingerprint density at radius 3 is 2.68 bits per heavy atom. The molecule has 156 valence electrons. The molecular weight excluding hydrogens is 410 g/mol. The molecule has 4 rings (SSSR count). The van der Waals surface area contributed by atoms with Gasteiger partial charge in [0.1, 0.15) is 12.1 Å². The maximum atomic E-state index is 12.5. The van der Waals surface area contributed by atoms with E-state index in [0.717, 1.165) is 21.5 Å². The molecule has 7 nitrogen and oxygen atoms in total. The maximum Gasteiger partial charge on any atom is 0.250 e. The summed E-state index contributed by atoms with van der Waals surface area (Å²) in [5.41, 5.74) is 8.29. The molecule has 0 radical (unpaired) electrons. The molecule has 31 heavy (non-hydrogen) atoms. The van der Waals surface area contributed by atoms with Crippen molar-refractivity contribution in [2.45, 2.75) is 26.3 Å². The second kappa shape index (κ2) is 8.61. The fourth-order valence-electron chi connectivity index (χ4n) is 3.43. The number of aryl methyl sites for hydroxylation is 1. The molecule has 0 unspecified atom stereocenters. The highest BCUT2D eigenvalue weighted by molar-refractivity contribution is 7.13. The number of hydrogen-bond acceptors (Lipinski definition) is 7. The number of hydrogen-bond donors (Lipinski definition) is 2. The second-order valence-electron chi connectivity index (χ2n) is 7.24. The maximum absolute atomic E-state index is 12.5. The normalized spacial score (nSPS) is 11.9. The second-order valence-corrected chi connectivity index (χ2v) is 8.48. The zero-order chi connectivity index (χ0) is 22.0. The lowest BCUT2D eigenvalue weighted by Crippen LogP contribution is -2.13. The summed E-state index contributed by atoms with van der Waals surface area (Å²) in [5.74, 6) is 0.142. The summed E-state index contributed by atoms with van der Waals surface area (Å²) in [6.07, 6.45) is 3.37. The summed E-state index contributed by atoms with van der Waals surface area (Å²) < 4.78 is 0. The largest absolute Gasteiger partial charge is 0.366 e. The van der Waals surface area contributed by atoms with Crippen molar-refractivity contribution >= 4 is 39.7 Å². The van der Waals surface area contributed by atoms with Crippen molar-refractivity contribution in [2.75, 3.05) is 5.32 Å². The SMILES string of the molecule is Cc1ncc(C(=O)Cc2cccc([C@@H](C)Nc3ncnc4c(C(N)=O)cccc34)c2)s1. The molecule has 0 aliphatic heterocycles. The number of anilines is 1. The number of aromatic nitrogens is 3. The fourth-order valence-corrected chi connectivity index (χ4v) is 4.14. The number of Topliss-reactive ketones (excluding diaryl/α,β-unsaturated/α-hetero) is 1. The van der Waals surface area contributed by atoms with Crippen molar-refractivity contribution < 1.29 is 9.59 Å². The lowest BCUT2D eigenvalue weighted by Gasteiger charge is -2.17. The molecule has 8 heteroatoms. The zero-order valence-corrected chi connectivity index (χ0v) is 17.9. The standard InChI is InChI=1S/C23H21N5O2S/c1-13(28-23-18-8-4-7-17(22(24)30)21(18)26-12-27-23)16-6-3-5-15(9-16)10-19(29)20-11-25-14(2)31-20/h3-9,11-13H,10H2,1-2H3,(H2,24,30)(H,26,27,28)/t13-/m1/s1. The van der Waals surface area contributed by atoms with Gasteiger partial charge >= 0.3 is 0 Å². The van der Waals surface area contributed by atoms with Gasteiger partial charge < -0.3 is 11.1 Å². The van der Waals surface area contributed by atoms with Gasteiger partial charge in [-0.2, -0.15) is 0 Å². The number of benzene rings is 2. The molecule has 2 aromatic heterocycles. The van der Waals surface area contributed by atoms with E-state index in [0.29, 0.717) is 28.2 Å². The first-order chi connectivity index (χ1) is 14.9. The van der Waals surface area contributed by atoms with Crippen molar-refractivity contribution in [1.29, 1.82) is 0 Å². The molecule has 0 saturated heterocycles. The average Bonchev–Trinajstić information content (AvgIpc) is 3.20. The van der Waals surface area contributed by atoms with Crippen LogP contribution in [-0.4, -0.2) is 26.6 Å². The van der Waals surface area contributed by atoms with Gasteiger partial charge in [0.15, 0.2) is 5.78 Å². The molecule has 0 spiro atoms. The number of carbonyl (C=O) groups is 2. The number of rotatable bonds is 7. The highest BCUT2D eigenvalue weighted by atomic mass is 32.1. The fraction of sp³-hybridized carbons (Fsp3) is 0.174. The number of thiazole rings is 1. The van der Waals surface area contributed by atoms with Crippen LogP contribution in [-0.2, 0) is 6.42 Å². The van der Waals surface area contributed by atoms with Crippen LogP contribution >= 0.6 is 11.3 Å². The van der Waals surface area contributed by atoms with Gasteiger partial charge in [-0.1, -0.05) is 30.3 Å². The van der Waals surface area contributed by atoms with Crippen molar-refractivity contribution in [3.63, 3.8) is 0 Å². The number of para-hydroxylation sites is 1. The molecule has 4 aromatic rings. The van der Waals surface area contributed by atoms with Crippen molar-refractivity contribution in [3.05, 3.63) is 81.6 Å². The van der Waals surface area contributed by atoms with Crippen LogP contribution < -0.4 is 11.1 Å². The van der Waals surface area contributed by atoms with Gasteiger partial charge in [-0.3, -0.25) is 9.59 Å². The van der Waals surface area contributed by atoms with E-state index < -0.39 is 5.91 Å². The molecule has 0 fully saturated rings. The van der Waals surface area contributed by atoms with Gasteiger partial charge in [0.25, 0.3) is 5.91 Å². The van der Waals surface area contributed by atoms with E-state index in [1.165, 1.54) is 17.7 Å². The number of nitrogens with one attached hydrogen (secondary N) is 1. The Bertz CT molecular complexity index is 1280. The van der Waals surface area contributed by atoms with Crippen molar-refractivity contribution in [3.8, 4) is 0 Å². The predicted molar refractivity (Wildman–Crippen MR) is 121 cm³/mol. The van der Waals surface area contributed by atoms with Crippen LogP contribution in [0.2, 0.25) is 0 Å². The number of nitrogens with zero attached hydrogens (tertiary/aromatic N) is 3. The lowest BCUT2D eigenvalue weighted by molar-refractivity contribution is 0.0990. The Balaban J connectivity index is 1.56. The smallest absolute Gasteiger partial charge is 0.250 e. The molecule has 1 amide bonds. The highest BCUT2D eigenvalue weighted by Crippen LogP contribution is 2.26. The Labute approximate surface area is 183 Å². The predicted octanol–water partition coefficient (Wildman–Crippen LogP) is 4.09. The van der Waals surface area contributed by atoms with E-state index >= 15 is 0 Å². The van der Waals surface area contributed by atoms with Crippen LogP contribution in [0.1, 0.15) is 49.1 Å². The third-order valence-corrected chi connectivity index (χ3v) is 5.95. The molecule has 0 aliphatic rings. The lowest BCUT2D eigenvalue weighted by atomic mass is 10.0. The molecule has 0 saturated carbocycles. The minimum Gasteiger partial charge on any atom is -0.366 e. The zero-order valence-electron chi connectivity index (χ0n) is 17.1. The summed E-state index contributed by atoms with van der Waals surface area (Å²) in [7, 11) is 0. The van der Waals surface area contributed by atoms with E-state index in [1.807, 2.05) is 44.2 Å². The summed E-state index contributed by atoms with van der Waals surface area (Å²) in [6, 6.07) is 13.1. The third-order valence-electron chi connectivity index (χ3n) is 5.00. The van der Waals surface area contributed by atoms with Gasteiger partial charge in [0, 0.05) is 24.0 Å². The Morgan fingerprint density at radius 2 is 1.94 bits per heavy atom. The number of nitrogens with two attached hydrogens (primary N) is 1. The van der Waals surface area contributed by atoms with Crippen LogP contribution in [0.4, 0.5) is 5.82 Å². The number of fused-ring (bicyclic) bond motifs is 1. The van der Waals surface area contributed by atoms with Crippen LogP contribution in [0, 0.1) is 6.92 Å². The highest BCUT2D eigenvalue weighted by Gasteiger charge is 2.15. The van der Waals surface area contributed by atoms with Gasteiger partial charge in [0.2, 0.25) is 0 Å². The summed E-state index contributed by atoms with van der Waals surface area (Å²) >= 11 is 1.41. The first-order valence-corrected chi connectivity index (χ1v) is 10.6. The topological polar surface area (TPSA) is 111 Å². The number of primary amides is 1. The third kappa shape index (κ3) is 4.44. The summed E-state index contributed by atoms with van der Waals surface area (Å²) in [6.45, 7) is 3.90. The monoisotopic (exact) mass is 431 g/mol. The van der Waals surface area contributed by atoms with Crippen LogP contribution in [0.5, 0.6) is 0 Å². The number of ketones is 1. The minimum absolute atomic E-state index is 0.0594. The van der Waals surface area contributed by atoms with E-state index in [9.17, 15) is 9.59 Å². The van der Waals surface area contributed by atoms with E-state index in [-0.39, 0.29) is 11.8 Å². The molecule has 2 aromatic carbocycles. The Hall–Kier alpha value is -3.65. The molecule has 0 bridgehead atoms. The number of carbonyl (C=O) groups excluding carboxylic acids is 2. The van der Waals surface area contributed by atoms with Gasteiger partial charge in [-0.15, -0.1) is 11.3 Å². The first-order valence-electron chi connectivity index (χ1n) is 9.77. The molecular formula is C23H21N5O2S. The van der Waals surface area contributed by atoms with Crippen LogP contribution in [0.25, 0.3) is 10.9 Å². The van der Waals surface area contributed by atoms with Crippen LogP contribution in [0.15, 0.2) is 55.0 Å². The van der Waals surface area contributed by atoms with Crippen molar-refractivity contribution in [2.24, 2.45) is 5.73 Å². The molecule has 0 aliphatic carbocycles. The average molecular weight is 432 g/mol. The molecule has 3 N–H and O–H groups in total. The minimum atomic E-state index is -0.531. The number of amides is 1. The van der Waals surface area contributed by atoms with Crippen LogP contribution in [0.3, 0.4) is 0 Å². The first kappa shape index (κ1) is 20.6. The van der Waals surface area contributed by atoms with Gasteiger partial charge in [-0.05, 0) is 37.1 Å². The Morgan fingerprint density at radius 1 is 1.13 bits per heavy atom. The Kier molecular flexibility index (Phi) is 5.73. The quantitative estimate of drug-likeness (QED) is 0.426. The van der Waals surface area contributed by atoms with E-state index in [1.54, 1.807) is 18.3 Å². The van der Waals surface area contributed by atoms with Gasteiger partial charge in [-0.25, -0.2) is 15.0 Å². The summed E-state index contributed by atoms with van der Waals surface area (Å²) in [4.78, 5) is 37.7. The molecule has 1 atom stereocenters. The van der Waals surface area contributed by atoms with E-state index in [4.69, 9.17) is 5.73 Å². The summed E-state index contributed by atoms with van der Waals surface area (Å²) in [5, 5.41) is 4.99.